The molecule has 1 unspecified atom stereocenters. The van der Waals surface area contributed by atoms with Crippen molar-refractivity contribution in [1.29, 1.82) is 0 Å². The minimum Gasteiger partial charge on any atom is -0.479 e. The fourth-order valence-electron chi connectivity index (χ4n) is 3.88. The number of aryl methyl sites for hydroxylation is 1. The van der Waals surface area contributed by atoms with Gasteiger partial charge in [0.25, 0.3) is 15.6 Å². The summed E-state index contributed by atoms with van der Waals surface area (Å²) in [5.41, 5.74) is -3.52. The lowest BCUT2D eigenvalue weighted by Crippen LogP contribution is -2.49. The van der Waals surface area contributed by atoms with Crippen molar-refractivity contribution >= 4 is 32.6 Å². The molecule has 0 saturated carbocycles. The van der Waals surface area contributed by atoms with Crippen LogP contribution >= 0.6 is 0 Å². The first kappa shape index (κ1) is 25.3. The van der Waals surface area contributed by atoms with Crippen LogP contribution in [-0.2, 0) is 27.0 Å². The standard InChI is InChI=1S/C25H21F3N2O5S/c1-16-7-10-19(11-8-16)36(34,35)29-18-9-12-22-20(13-18)21(24(33,23(31)32)25(26,27)28)15-30(22)14-17-5-3-2-4-6-17/h2-13,15,29,33H,14H2,1H3,(H,31,32). The molecule has 0 saturated heterocycles. The lowest BCUT2D eigenvalue weighted by molar-refractivity contribution is -0.265. The second-order valence-corrected chi connectivity index (χ2v) is 10.0. The van der Waals surface area contributed by atoms with Gasteiger partial charge < -0.3 is 14.8 Å². The van der Waals surface area contributed by atoms with Gasteiger partial charge in [0.2, 0.25) is 0 Å². The highest BCUT2D eigenvalue weighted by Crippen LogP contribution is 2.43. The maximum Gasteiger partial charge on any atom is 0.432 e. The number of carbonyl (C=O) groups is 1. The first-order chi connectivity index (χ1) is 16.8. The minimum atomic E-state index is -5.55. The van der Waals surface area contributed by atoms with Crippen molar-refractivity contribution in [1.82, 2.24) is 4.57 Å². The molecule has 0 spiro atoms. The number of aliphatic carboxylic acids is 1. The molecule has 1 aromatic heterocycles. The van der Waals surface area contributed by atoms with Gasteiger partial charge in [0.1, 0.15) is 0 Å². The average Bonchev–Trinajstić information content (AvgIpc) is 3.16. The third-order valence-corrected chi connectivity index (χ3v) is 7.17. The van der Waals surface area contributed by atoms with E-state index in [1.165, 1.54) is 28.8 Å². The Labute approximate surface area is 204 Å². The normalized spacial score (nSPS) is 13.9. The van der Waals surface area contributed by atoms with Crippen LogP contribution in [0.1, 0.15) is 16.7 Å². The molecule has 0 fully saturated rings. The van der Waals surface area contributed by atoms with E-state index in [2.05, 4.69) is 4.72 Å². The number of hydrogen-bond acceptors (Lipinski definition) is 4. The number of alkyl halides is 3. The lowest BCUT2D eigenvalue weighted by atomic mass is 9.92. The zero-order chi connectivity index (χ0) is 26.3. The van der Waals surface area contributed by atoms with Crippen LogP contribution in [0.2, 0.25) is 0 Å². The quantitative estimate of drug-likeness (QED) is 0.331. The molecular formula is C25H21F3N2O5S. The number of rotatable bonds is 7. The Hall–Kier alpha value is -3.83. The molecule has 0 aliphatic heterocycles. The van der Waals surface area contributed by atoms with Gasteiger partial charge in [0, 0.05) is 34.9 Å². The van der Waals surface area contributed by atoms with E-state index in [-0.39, 0.29) is 28.0 Å². The van der Waals surface area contributed by atoms with Gasteiger partial charge in [-0.3, -0.25) is 4.72 Å². The molecule has 3 N–H and O–H groups in total. The van der Waals surface area contributed by atoms with Crippen LogP contribution in [0.5, 0.6) is 0 Å². The second-order valence-electron chi connectivity index (χ2n) is 8.32. The Morgan fingerprint density at radius 3 is 2.22 bits per heavy atom. The molecule has 1 heterocycles. The average molecular weight is 519 g/mol. The predicted molar refractivity (Wildman–Crippen MR) is 127 cm³/mol. The molecule has 4 rings (SSSR count). The number of anilines is 1. The SMILES string of the molecule is Cc1ccc(S(=O)(=O)Nc2ccc3c(c2)c(C(O)(C(=O)O)C(F)(F)F)cn3Cc2ccccc2)cc1. The highest BCUT2D eigenvalue weighted by atomic mass is 32.2. The number of carboxylic acid groups (broad SMARTS) is 1. The number of aliphatic hydroxyl groups is 1. The zero-order valence-corrected chi connectivity index (χ0v) is 19.6. The van der Waals surface area contributed by atoms with Gasteiger partial charge in [-0.25, -0.2) is 13.2 Å². The van der Waals surface area contributed by atoms with Crippen molar-refractivity contribution in [3.8, 4) is 0 Å². The van der Waals surface area contributed by atoms with Crippen LogP contribution in [0.25, 0.3) is 10.9 Å². The van der Waals surface area contributed by atoms with Gasteiger partial charge in [-0.1, -0.05) is 48.0 Å². The van der Waals surface area contributed by atoms with E-state index in [0.29, 0.717) is 0 Å². The van der Waals surface area contributed by atoms with E-state index in [4.69, 9.17) is 0 Å². The predicted octanol–water partition coefficient (Wildman–Crippen LogP) is 4.63. The third kappa shape index (κ3) is 4.54. The van der Waals surface area contributed by atoms with Crippen LogP contribution in [0.3, 0.4) is 0 Å². The monoisotopic (exact) mass is 518 g/mol. The van der Waals surface area contributed by atoms with Crippen LogP contribution in [0.4, 0.5) is 18.9 Å². The van der Waals surface area contributed by atoms with Crippen molar-refractivity contribution in [3.05, 3.63) is 95.7 Å². The number of carboxylic acids is 1. The Morgan fingerprint density at radius 2 is 1.64 bits per heavy atom. The van der Waals surface area contributed by atoms with Gasteiger partial charge >= 0.3 is 12.1 Å². The molecule has 0 bridgehead atoms. The Bertz CT molecular complexity index is 1530. The Morgan fingerprint density at radius 1 is 1.00 bits per heavy atom. The van der Waals surface area contributed by atoms with E-state index in [1.807, 2.05) is 0 Å². The second kappa shape index (κ2) is 8.99. The number of aromatic nitrogens is 1. The van der Waals surface area contributed by atoms with Crippen LogP contribution in [-0.4, -0.2) is 35.3 Å². The summed E-state index contributed by atoms with van der Waals surface area (Å²) in [6.45, 7) is 1.86. The first-order valence-electron chi connectivity index (χ1n) is 10.6. The molecule has 3 aromatic carbocycles. The minimum absolute atomic E-state index is 0.0626. The van der Waals surface area contributed by atoms with Crippen LogP contribution < -0.4 is 4.72 Å². The van der Waals surface area contributed by atoms with E-state index >= 15 is 0 Å². The highest BCUT2D eigenvalue weighted by molar-refractivity contribution is 7.92. The van der Waals surface area contributed by atoms with Crippen molar-refractivity contribution in [2.45, 2.75) is 30.1 Å². The van der Waals surface area contributed by atoms with Gasteiger partial charge in [0.15, 0.2) is 0 Å². The fourth-order valence-corrected chi connectivity index (χ4v) is 4.93. The summed E-state index contributed by atoms with van der Waals surface area (Å²) in [5.74, 6) is -2.50. The Balaban J connectivity index is 1.87. The van der Waals surface area contributed by atoms with Crippen LogP contribution in [0, 0.1) is 6.92 Å². The van der Waals surface area contributed by atoms with E-state index in [0.717, 1.165) is 23.4 Å². The number of halogens is 3. The van der Waals surface area contributed by atoms with Crippen molar-refractivity contribution in [3.63, 3.8) is 0 Å². The molecular weight excluding hydrogens is 497 g/mol. The molecule has 0 aliphatic rings. The van der Waals surface area contributed by atoms with Crippen molar-refractivity contribution in [2.75, 3.05) is 4.72 Å². The van der Waals surface area contributed by atoms with Gasteiger partial charge in [0.05, 0.1) is 4.90 Å². The summed E-state index contributed by atoms with van der Waals surface area (Å²) in [7, 11) is -4.09. The van der Waals surface area contributed by atoms with E-state index in [1.54, 1.807) is 49.4 Å². The summed E-state index contributed by atoms with van der Waals surface area (Å²) in [6, 6.07) is 18.5. The molecule has 7 nitrogen and oxygen atoms in total. The maximum atomic E-state index is 13.9. The van der Waals surface area contributed by atoms with Crippen molar-refractivity contribution < 1.29 is 36.6 Å². The summed E-state index contributed by atoms with van der Waals surface area (Å²) >= 11 is 0. The zero-order valence-electron chi connectivity index (χ0n) is 18.8. The molecule has 1 atom stereocenters. The fraction of sp³-hybridized carbons (Fsp3) is 0.160. The summed E-state index contributed by atoms with van der Waals surface area (Å²) in [4.78, 5) is 11.7. The molecule has 0 radical (unpaired) electrons. The van der Waals surface area contributed by atoms with E-state index < -0.39 is 33.3 Å². The van der Waals surface area contributed by atoms with Gasteiger partial charge in [-0.05, 0) is 42.8 Å². The number of sulfonamides is 1. The lowest BCUT2D eigenvalue weighted by Gasteiger charge is -2.25. The summed E-state index contributed by atoms with van der Waals surface area (Å²) in [5, 5.41) is 19.6. The van der Waals surface area contributed by atoms with Gasteiger partial charge in [-0.2, -0.15) is 13.2 Å². The molecule has 36 heavy (non-hydrogen) atoms. The molecule has 188 valence electrons. The van der Waals surface area contributed by atoms with Crippen molar-refractivity contribution in [2.24, 2.45) is 0 Å². The largest absolute Gasteiger partial charge is 0.479 e. The first-order valence-corrected chi connectivity index (χ1v) is 12.1. The molecule has 0 amide bonds. The number of benzene rings is 3. The van der Waals surface area contributed by atoms with Crippen LogP contribution in [0.15, 0.2) is 83.9 Å². The Kier molecular flexibility index (Phi) is 6.31. The van der Waals surface area contributed by atoms with Gasteiger partial charge in [-0.15, -0.1) is 0 Å². The number of nitrogens with zero attached hydrogens (tertiary/aromatic N) is 1. The van der Waals surface area contributed by atoms with E-state index in [9.17, 15) is 36.6 Å². The highest BCUT2D eigenvalue weighted by Gasteiger charge is 2.62. The summed E-state index contributed by atoms with van der Waals surface area (Å²) < 4.78 is 70.9. The number of nitrogens with one attached hydrogen (secondary N) is 1. The molecule has 11 heteroatoms. The smallest absolute Gasteiger partial charge is 0.432 e. The summed E-state index contributed by atoms with van der Waals surface area (Å²) in [6.07, 6.45) is -4.63. The molecule has 4 aromatic rings. The molecule has 0 aliphatic carbocycles. The maximum absolute atomic E-state index is 13.9. The number of fused-ring (bicyclic) bond motifs is 1. The third-order valence-electron chi connectivity index (χ3n) is 5.77. The number of hydrogen-bond donors (Lipinski definition) is 3. The topological polar surface area (TPSA) is 109 Å².